The number of amides is 1. The molecule has 0 atom stereocenters. The molecule has 4 nitrogen and oxygen atoms in total. The van der Waals surface area contributed by atoms with Crippen LogP contribution in [0.25, 0.3) is 11.6 Å². The lowest BCUT2D eigenvalue weighted by Gasteiger charge is -2.06. The van der Waals surface area contributed by atoms with Gasteiger partial charge in [-0.3, -0.25) is 4.79 Å². The minimum Gasteiger partial charge on any atom is -0.504 e. The average molecular weight is 302 g/mol. The second-order valence-electron chi connectivity index (χ2n) is 4.60. The lowest BCUT2D eigenvalue weighted by Crippen LogP contribution is -2.03. The minimum atomic E-state index is -0.227. The van der Waals surface area contributed by atoms with Gasteiger partial charge in [-0.1, -0.05) is 29.8 Å². The number of ether oxygens (including phenoxy) is 1. The number of anilines is 1. The standard InChI is InChI=1S/C16H12ClNO3/c1-21-14-4-2-3-9(15(14)19)7-12-11-6-5-10(17)8-13(11)18-16(12)20/h2-8,19H,1H3,(H,18,20)/b12-7+. The van der Waals surface area contributed by atoms with Gasteiger partial charge >= 0.3 is 0 Å². The molecule has 0 aliphatic carbocycles. The van der Waals surface area contributed by atoms with Crippen molar-refractivity contribution in [2.75, 3.05) is 12.4 Å². The van der Waals surface area contributed by atoms with Crippen LogP contribution >= 0.6 is 11.6 Å². The highest BCUT2D eigenvalue weighted by molar-refractivity contribution is 6.36. The van der Waals surface area contributed by atoms with Crippen molar-refractivity contribution < 1.29 is 14.6 Å². The van der Waals surface area contributed by atoms with Gasteiger partial charge in [0.15, 0.2) is 11.5 Å². The van der Waals surface area contributed by atoms with Crippen LogP contribution < -0.4 is 10.1 Å². The Labute approximate surface area is 126 Å². The first-order chi connectivity index (χ1) is 10.1. The number of carbonyl (C=O) groups excluding carboxylic acids is 1. The molecule has 1 heterocycles. The first-order valence-corrected chi connectivity index (χ1v) is 6.67. The van der Waals surface area contributed by atoms with E-state index in [1.807, 2.05) is 0 Å². The predicted molar refractivity (Wildman–Crippen MR) is 82.6 cm³/mol. The van der Waals surface area contributed by atoms with Crippen LogP contribution in [0.4, 0.5) is 5.69 Å². The Balaban J connectivity index is 2.11. The number of aromatic hydroxyl groups is 1. The maximum absolute atomic E-state index is 12.1. The second-order valence-corrected chi connectivity index (χ2v) is 5.04. The molecule has 106 valence electrons. The highest BCUT2D eigenvalue weighted by atomic mass is 35.5. The fraction of sp³-hybridized carbons (Fsp3) is 0.0625. The van der Waals surface area contributed by atoms with Crippen LogP contribution in [0.3, 0.4) is 0 Å². The van der Waals surface area contributed by atoms with Crippen molar-refractivity contribution in [1.29, 1.82) is 0 Å². The van der Waals surface area contributed by atoms with Gasteiger partial charge < -0.3 is 15.2 Å². The summed E-state index contributed by atoms with van der Waals surface area (Å²) in [7, 11) is 1.48. The molecule has 1 amide bonds. The Kier molecular flexibility index (Phi) is 3.31. The molecule has 0 saturated heterocycles. The molecule has 0 bridgehead atoms. The summed E-state index contributed by atoms with van der Waals surface area (Å²) in [5.74, 6) is 0.135. The van der Waals surface area contributed by atoms with Crippen LogP contribution in [0.1, 0.15) is 11.1 Å². The second kappa shape index (κ2) is 5.14. The van der Waals surface area contributed by atoms with E-state index in [4.69, 9.17) is 16.3 Å². The number of phenols is 1. The Morgan fingerprint density at radius 2 is 2.10 bits per heavy atom. The number of halogens is 1. The smallest absolute Gasteiger partial charge is 0.256 e. The molecule has 1 aliphatic heterocycles. The summed E-state index contributed by atoms with van der Waals surface area (Å²) in [6.45, 7) is 0. The zero-order chi connectivity index (χ0) is 15.0. The monoisotopic (exact) mass is 301 g/mol. The molecule has 2 aromatic rings. The van der Waals surface area contributed by atoms with E-state index in [1.54, 1.807) is 42.5 Å². The van der Waals surface area contributed by atoms with Crippen LogP contribution in [-0.2, 0) is 4.79 Å². The maximum atomic E-state index is 12.1. The molecule has 0 spiro atoms. The van der Waals surface area contributed by atoms with E-state index >= 15 is 0 Å². The molecule has 0 radical (unpaired) electrons. The van der Waals surface area contributed by atoms with Gasteiger partial charge in [0.25, 0.3) is 5.91 Å². The number of hydrogen-bond donors (Lipinski definition) is 2. The largest absolute Gasteiger partial charge is 0.504 e. The first kappa shape index (κ1) is 13.5. The Morgan fingerprint density at radius 1 is 1.29 bits per heavy atom. The maximum Gasteiger partial charge on any atom is 0.256 e. The van der Waals surface area contributed by atoms with Gasteiger partial charge in [0, 0.05) is 21.7 Å². The number of rotatable bonds is 2. The summed E-state index contributed by atoms with van der Waals surface area (Å²) in [6, 6.07) is 10.3. The van der Waals surface area contributed by atoms with Gasteiger partial charge in [0.2, 0.25) is 0 Å². The molecule has 2 aromatic carbocycles. The topological polar surface area (TPSA) is 58.6 Å². The number of methoxy groups -OCH3 is 1. The molecule has 3 rings (SSSR count). The lowest BCUT2D eigenvalue weighted by molar-refractivity contribution is -0.110. The summed E-state index contributed by atoms with van der Waals surface area (Å²) in [5.41, 5.74) is 2.42. The molecule has 0 fully saturated rings. The fourth-order valence-corrected chi connectivity index (χ4v) is 2.46. The number of carbonyl (C=O) groups is 1. The predicted octanol–water partition coefficient (Wildman–Crippen LogP) is 3.55. The van der Waals surface area contributed by atoms with E-state index in [0.717, 1.165) is 5.56 Å². The average Bonchev–Trinajstić information content (AvgIpc) is 2.76. The normalized spacial score (nSPS) is 15.0. The summed E-state index contributed by atoms with van der Waals surface area (Å²) in [4.78, 5) is 12.1. The third-order valence-electron chi connectivity index (χ3n) is 3.31. The highest BCUT2D eigenvalue weighted by Crippen LogP contribution is 2.37. The molecule has 21 heavy (non-hydrogen) atoms. The molecule has 5 heteroatoms. The Bertz CT molecular complexity index is 768. The summed E-state index contributed by atoms with van der Waals surface area (Å²) in [5, 5.41) is 13.4. The van der Waals surface area contributed by atoms with Gasteiger partial charge in [0.1, 0.15) is 0 Å². The van der Waals surface area contributed by atoms with Crippen LogP contribution in [0.2, 0.25) is 5.02 Å². The van der Waals surface area contributed by atoms with E-state index in [-0.39, 0.29) is 11.7 Å². The van der Waals surface area contributed by atoms with Gasteiger partial charge in [-0.25, -0.2) is 0 Å². The van der Waals surface area contributed by atoms with E-state index < -0.39 is 0 Å². The summed E-state index contributed by atoms with van der Waals surface area (Å²) in [6.07, 6.45) is 1.63. The molecular weight excluding hydrogens is 290 g/mol. The molecule has 0 aromatic heterocycles. The third kappa shape index (κ3) is 2.34. The van der Waals surface area contributed by atoms with Gasteiger partial charge in [-0.05, 0) is 24.3 Å². The number of phenolic OH excluding ortho intramolecular Hbond substituents is 1. The Hall–Kier alpha value is -2.46. The summed E-state index contributed by atoms with van der Waals surface area (Å²) < 4.78 is 5.06. The van der Waals surface area contributed by atoms with E-state index in [1.165, 1.54) is 7.11 Å². The van der Waals surface area contributed by atoms with Gasteiger partial charge in [0.05, 0.1) is 12.8 Å². The van der Waals surface area contributed by atoms with Crippen LogP contribution in [0.15, 0.2) is 36.4 Å². The first-order valence-electron chi connectivity index (χ1n) is 6.29. The zero-order valence-electron chi connectivity index (χ0n) is 11.2. The van der Waals surface area contributed by atoms with Crippen molar-refractivity contribution >= 4 is 34.8 Å². The quantitative estimate of drug-likeness (QED) is 0.834. The number of para-hydroxylation sites is 1. The van der Waals surface area contributed by atoms with Crippen LogP contribution in [0, 0.1) is 0 Å². The van der Waals surface area contributed by atoms with E-state index in [2.05, 4.69) is 5.32 Å². The Morgan fingerprint density at radius 3 is 2.86 bits per heavy atom. The van der Waals surface area contributed by atoms with Crippen molar-refractivity contribution in [3.05, 3.63) is 52.5 Å². The number of benzene rings is 2. The molecule has 2 N–H and O–H groups in total. The summed E-state index contributed by atoms with van der Waals surface area (Å²) >= 11 is 5.92. The fourth-order valence-electron chi connectivity index (χ4n) is 2.29. The van der Waals surface area contributed by atoms with Gasteiger partial charge in [-0.15, -0.1) is 0 Å². The molecular formula is C16H12ClNO3. The van der Waals surface area contributed by atoms with Crippen molar-refractivity contribution in [3.8, 4) is 11.5 Å². The number of fused-ring (bicyclic) bond motifs is 1. The SMILES string of the molecule is COc1cccc(/C=C2/C(=O)Nc3cc(Cl)ccc32)c1O. The minimum absolute atomic E-state index is 0.00251. The van der Waals surface area contributed by atoms with Gasteiger partial charge in [-0.2, -0.15) is 0 Å². The van der Waals surface area contributed by atoms with Crippen LogP contribution in [-0.4, -0.2) is 18.1 Å². The van der Waals surface area contributed by atoms with E-state index in [9.17, 15) is 9.90 Å². The zero-order valence-corrected chi connectivity index (χ0v) is 11.9. The highest BCUT2D eigenvalue weighted by Gasteiger charge is 2.24. The van der Waals surface area contributed by atoms with E-state index in [0.29, 0.717) is 27.6 Å². The lowest BCUT2D eigenvalue weighted by atomic mass is 10.0. The number of nitrogens with one attached hydrogen (secondary N) is 1. The van der Waals surface area contributed by atoms with Crippen molar-refractivity contribution in [1.82, 2.24) is 0 Å². The third-order valence-corrected chi connectivity index (χ3v) is 3.55. The molecule has 0 saturated carbocycles. The van der Waals surface area contributed by atoms with Crippen LogP contribution in [0.5, 0.6) is 11.5 Å². The molecule has 1 aliphatic rings. The van der Waals surface area contributed by atoms with Crippen molar-refractivity contribution in [2.24, 2.45) is 0 Å². The van der Waals surface area contributed by atoms with Crippen molar-refractivity contribution in [2.45, 2.75) is 0 Å². The molecule has 0 unspecified atom stereocenters. The van der Waals surface area contributed by atoms with Crippen molar-refractivity contribution in [3.63, 3.8) is 0 Å². The number of hydrogen-bond acceptors (Lipinski definition) is 3.